The van der Waals surface area contributed by atoms with Crippen molar-refractivity contribution in [2.24, 2.45) is 0 Å². The summed E-state index contributed by atoms with van der Waals surface area (Å²) in [6, 6.07) is 4.73. The van der Waals surface area contributed by atoms with Gasteiger partial charge in [0.15, 0.2) is 0 Å². The number of benzene rings is 1. The van der Waals surface area contributed by atoms with Crippen LogP contribution >= 0.6 is 23.2 Å². The first-order valence-electron chi connectivity index (χ1n) is 6.79. The molecule has 0 atom stereocenters. The van der Waals surface area contributed by atoms with Gasteiger partial charge >= 0.3 is 5.97 Å². The molecule has 24 heavy (non-hydrogen) atoms. The molecule has 0 amide bonds. The van der Waals surface area contributed by atoms with Gasteiger partial charge in [0.05, 0.1) is 7.11 Å². The molecule has 0 bridgehead atoms. The summed E-state index contributed by atoms with van der Waals surface area (Å²) in [5, 5.41) is 0.777. The van der Waals surface area contributed by atoms with E-state index in [2.05, 4.69) is 9.46 Å². The van der Waals surface area contributed by atoms with Crippen LogP contribution in [0.15, 0.2) is 27.5 Å². The zero-order valence-corrected chi connectivity index (χ0v) is 15.5. The van der Waals surface area contributed by atoms with E-state index >= 15 is 0 Å². The van der Waals surface area contributed by atoms with E-state index in [1.807, 2.05) is 0 Å². The second-order valence-electron chi connectivity index (χ2n) is 4.97. The van der Waals surface area contributed by atoms with Crippen molar-refractivity contribution in [2.45, 2.75) is 25.3 Å². The highest BCUT2D eigenvalue weighted by Gasteiger charge is 2.31. The molecule has 0 aliphatic rings. The van der Waals surface area contributed by atoms with E-state index in [1.165, 1.54) is 27.0 Å². The number of halogens is 2. The fourth-order valence-corrected chi connectivity index (χ4v) is 4.12. The van der Waals surface area contributed by atoms with Crippen LogP contribution in [0.5, 0.6) is 0 Å². The summed E-state index contributed by atoms with van der Waals surface area (Å²) >= 11 is 11.8. The predicted octanol–water partition coefficient (Wildman–Crippen LogP) is 3.47. The SMILES string of the molecule is COC(=O)c1c(C)oc(C)c1S(=O)(=O)NCc1ccc(Cl)cc1Cl. The van der Waals surface area contributed by atoms with Crippen molar-refractivity contribution in [3.8, 4) is 0 Å². The minimum Gasteiger partial charge on any atom is -0.465 e. The van der Waals surface area contributed by atoms with Gasteiger partial charge in [0.25, 0.3) is 0 Å². The molecule has 130 valence electrons. The van der Waals surface area contributed by atoms with Crippen LogP contribution in [0.2, 0.25) is 10.0 Å². The van der Waals surface area contributed by atoms with Crippen molar-refractivity contribution in [1.29, 1.82) is 0 Å². The second kappa shape index (κ2) is 7.14. The Morgan fingerprint density at radius 2 is 1.92 bits per heavy atom. The Hall–Kier alpha value is -1.54. The highest BCUT2D eigenvalue weighted by Crippen LogP contribution is 2.28. The first-order valence-corrected chi connectivity index (χ1v) is 9.03. The number of hydrogen-bond donors (Lipinski definition) is 1. The maximum atomic E-state index is 12.6. The van der Waals surface area contributed by atoms with Gasteiger partial charge in [-0.05, 0) is 31.5 Å². The molecule has 0 saturated carbocycles. The van der Waals surface area contributed by atoms with Crippen LogP contribution in [-0.2, 0) is 21.3 Å². The topological polar surface area (TPSA) is 85.6 Å². The Labute approximate surface area is 149 Å². The molecule has 1 aromatic carbocycles. The lowest BCUT2D eigenvalue weighted by Gasteiger charge is -2.09. The van der Waals surface area contributed by atoms with Crippen molar-refractivity contribution in [2.75, 3.05) is 7.11 Å². The molecular formula is C15H15Cl2NO5S. The third kappa shape index (κ3) is 3.75. The number of nitrogens with one attached hydrogen (secondary N) is 1. The molecular weight excluding hydrogens is 377 g/mol. The smallest absolute Gasteiger partial charge is 0.342 e. The number of hydrogen-bond acceptors (Lipinski definition) is 5. The highest BCUT2D eigenvalue weighted by molar-refractivity contribution is 7.89. The van der Waals surface area contributed by atoms with Gasteiger partial charge in [-0.3, -0.25) is 0 Å². The number of sulfonamides is 1. The van der Waals surface area contributed by atoms with E-state index < -0.39 is 16.0 Å². The fourth-order valence-electron chi connectivity index (χ4n) is 2.23. The number of ether oxygens (including phenoxy) is 1. The molecule has 1 N–H and O–H groups in total. The number of methoxy groups -OCH3 is 1. The summed E-state index contributed by atoms with van der Waals surface area (Å²) in [6.07, 6.45) is 0. The minimum absolute atomic E-state index is 0.0668. The van der Waals surface area contributed by atoms with Crippen LogP contribution in [0.4, 0.5) is 0 Å². The Morgan fingerprint density at radius 3 is 2.50 bits per heavy atom. The lowest BCUT2D eigenvalue weighted by Crippen LogP contribution is -2.25. The van der Waals surface area contributed by atoms with E-state index in [9.17, 15) is 13.2 Å². The number of carbonyl (C=O) groups is 1. The average Bonchev–Trinajstić information content (AvgIpc) is 2.80. The minimum atomic E-state index is -4.02. The molecule has 9 heteroatoms. The summed E-state index contributed by atoms with van der Waals surface area (Å²) in [5.74, 6) is -0.513. The molecule has 0 radical (unpaired) electrons. The summed E-state index contributed by atoms with van der Waals surface area (Å²) in [6.45, 7) is 2.89. The van der Waals surface area contributed by atoms with E-state index in [0.29, 0.717) is 15.6 Å². The average molecular weight is 392 g/mol. The van der Waals surface area contributed by atoms with Crippen LogP contribution < -0.4 is 4.72 Å². The predicted molar refractivity (Wildman–Crippen MR) is 90.0 cm³/mol. The first-order chi connectivity index (χ1) is 11.2. The molecule has 0 fully saturated rings. The van der Waals surface area contributed by atoms with Crippen LogP contribution in [0, 0.1) is 13.8 Å². The van der Waals surface area contributed by atoms with E-state index in [0.717, 1.165) is 0 Å². The number of rotatable bonds is 5. The zero-order valence-electron chi connectivity index (χ0n) is 13.1. The second-order valence-corrected chi connectivity index (χ2v) is 7.52. The standard InChI is InChI=1S/C15H15Cl2NO5S/c1-8-13(15(19)22-3)14(9(2)23-8)24(20,21)18-7-10-4-5-11(16)6-12(10)17/h4-6,18H,7H2,1-3H3. The Balaban J connectivity index is 2.36. The van der Waals surface area contributed by atoms with Crippen molar-refractivity contribution in [3.63, 3.8) is 0 Å². The summed E-state index contributed by atoms with van der Waals surface area (Å²) in [5.41, 5.74) is 0.423. The molecule has 1 aromatic heterocycles. The molecule has 0 unspecified atom stereocenters. The Bertz CT molecular complexity index is 890. The fraction of sp³-hybridized carbons (Fsp3) is 0.267. The van der Waals surface area contributed by atoms with Gasteiger partial charge in [-0.25, -0.2) is 17.9 Å². The zero-order chi connectivity index (χ0) is 18.1. The number of aryl methyl sites for hydroxylation is 2. The third-order valence-electron chi connectivity index (χ3n) is 3.33. The Morgan fingerprint density at radius 1 is 1.25 bits per heavy atom. The van der Waals surface area contributed by atoms with Gasteiger partial charge in [-0.1, -0.05) is 29.3 Å². The lowest BCUT2D eigenvalue weighted by molar-refractivity contribution is 0.0595. The van der Waals surface area contributed by atoms with Gasteiger partial charge in [0, 0.05) is 16.6 Å². The molecule has 1 heterocycles. The molecule has 0 spiro atoms. The normalized spacial score (nSPS) is 11.5. The first kappa shape index (κ1) is 18.8. The van der Waals surface area contributed by atoms with E-state index in [-0.39, 0.29) is 28.5 Å². The monoisotopic (exact) mass is 391 g/mol. The number of furan rings is 1. The van der Waals surface area contributed by atoms with E-state index in [1.54, 1.807) is 12.1 Å². The van der Waals surface area contributed by atoms with Gasteiger partial charge < -0.3 is 9.15 Å². The van der Waals surface area contributed by atoms with Gasteiger partial charge in [-0.2, -0.15) is 0 Å². The van der Waals surface area contributed by atoms with E-state index in [4.69, 9.17) is 27.6 Å². The molecule has 2 rings (SSSR count). The van der Waals surface area contributed by atoms with Crippen LogP contribution in [0.25, 0.3) is 0 Å². The van der Waals surface area contributed by atoms with Crippen LogP contribution in [0.1, 0.15) is 27.4 Å². The van der Waals surface area contributed by atoms with Crippen molar-refractivity contribution in [1.82, 2.24) is 4.72 Å². The summed E-state index contributed by atoms with van der Waals surface area (Å²) in [7, 11) is -2.85. The van der Waals surface area contributed by atoms with Crippen molar-refractivity contribution < 1.29 is 22.4 Å². The third-order valence-corrected chi connectivity index (χ3v) is 5.47. The van der Waals surface area contributed by atoms with Crippen LogP contribution in [-0.4, -0.2) is 21.5 Å². The van der Waals surface area contributed by atoms with Gasteiger partial charge in [0.1, 0.15) is 22.0 Å². The maximum Gasteiger partial charge on any atom is 0.342 e. The summed E-state index contributed by atoms with van der Waals surface area (Å²) in [4.78, 5) is 11.6. The lowest BCUT2D eigenvalue weighted by atomic mass is 10.2. The number of carbonyl (C=O) groups excluding carboxylic acids is 1. The van der Waals surface area contributed by atoms with Crippen molar-refractivity contribution in [3.05, 3.63) is 50.9 Å². The molecule has 0 aliphatic carbocycles. The molecule has 0 saturated heterocycles. The highest BCUT2D eigenvalue weighted by atomic mass is 35.5. The maximum absolute atomic E-state index is 12.6. The van der Waals surface area contributed by atoms with Crippen molar-refractivity contribution >= 4 is 39.2 Å². The molecule has 0 aliphatic heterocycles. The summed E-state index contributed by atoms with van der Waals surface area (Å²) < 4.78 is 37.5. The number of esters is 1. The quantitative estimate of drug-likeness (QED) is 0.788. The largest absolute Gasteiger partial charge is 0.465 e. The molecule has 2 aromatic rings. The van der Waals surface area contributed by atoms with Gasteiger partial charge in [-0.15, -0.1) is 0 Å². The Kier molecular flexibility index (Phi) is 5.59. The molecule has 6 nitrogen and oxygen atoms in total. The van der Waals surface area contributed by atoms with Crippen LogP contribution in [0.3, 0.4) is 0 Å². The van der Waals surface area contributed by atoms with Gasteiger partial charge in [0.2, 0.25) is 10.0 Å².